The number of hydrogen-bond acceptors (Lipinski definition) is 12. The maximum atomic E-state index is 12.7. The summed E-state index contributed by atoms with van der Waals surface area (Å²) in [7, 11) is 6.64. The summed E-state index contributed by atoms with van der Waals surface area (Å²) in [5.41, 5.74) is 2.33. The molecule has 0 saturated carbocycles. The topological polar surface area (TPSA) is 177 Å². The third-order valence-corrected chi connectivity index (χ3v) is 10.2. The first-order valence-corrected chi connectivity index (χ1v) is 19.7. The maximum Gasteiger partial charge on any atom is 3.00 e. The van der Waals surface area contributed by atoms with E-state index in [9.17, 15) is 34.5 Å². The summed E-state index contributed by atoms with van der Waals surface area (Å²) < 4.78 is 0. The van der Waals surface area contributed by atoms with E-state index in [-0.39, 0.29) is 78.6 Å². The van der Waals surface area contributed by atoms with Crippen molar-refractivity contribution in [1.82, 2.24) is 44.6 Å². The van der Waals surface area contributed by atoms with E-state index in [1.54, 1.807) is 14.7 Å². The molecule has 16 nitrogen and oxygen atoms in total. The van der Waals surface area contributed by atoms with Crippen LogP contribution in [0.4, 0.5) is 0 Å². The second-order valence-corrected chi connectivity index (χ2v) is 15.2. The van der Waals surface area contributed by atoms with Crippen molar-refractivity contribution in [3.63, 3.8) is 0 Å². The van der Waals surface area contributed by atoms with Gasteiger partial charge in [0.15, 0.2) is 0 Å². The number of aliphatic carboxylic acids is 3. The number of nitrogens with one attached hydrogen (secondary N) is 1. The number of amides is 1. The van der Waals surface area contributed by atoms with Crippen LogP contribution in [0.5, 0.6) is 0 Å². The molecule has 0 spiro atoms. The molecule has 3 rings (SSSR count). The normalized spacial score (nSPS) is 19.3. The Balaban J connectivity index is 0.0000105. The number of fused-ring (bicyclic) bond motifs is 2. The van der Waals surface area contributed by atoms with Gasteiger partial charge in [0.1, 0.15) is 0 Å². The molecule has 2 bridgehead atoms. The molecule has 3 heterocycles. The molecule has 1 amide bonds. The molecule has 1 radical (unpaired) electrons. The van der Waals surface area contributed by atoms with Crippen LogP contribution in [-0.4, -0.2) is 211 Å². The smallest absolute Gasteiger partial charge is 0.480 e. The standard InChI is InChI=1S/C38H67N9O7.Gd/c1-41-12-7-13-43(3)19-20-44(16-8-14-42(2)18-17-41)15-5-4-10-35(48)39-11-6-9-32-25-33-27-46(30-37(51)52)23-21-45(29-36(49)50)22-24-47(31-38(53)54)28-34(26-32)40-33;/h25-26H,4-24,27-31H2,1-3H3,(H,39,48)(H,49,50)(H,51,52)(H,53,54);/q;+3. The molecule has 1 aromatic heterocycles. The van der Waals surface area contributed by atoms with E-state index in [0.717, 1.165) is 83.7 Å². The number of aromatic nitrogens is 1. The number of carboxylic acid groups (broad SMARTS) is 3. The molecule has 311 valence electrons. The SMILES string of the molecule is CN1CCCN(C)CCN(CCCCC(=O)NCCCc2cc3nc(c2)CN(CC(=O)O)CCN(CC(=O)O)CCN(CC(=O)O)C3)CCCN(C)CC1.[Gd+3]. The van der Waals surface area contributed by atoms with Gasteiger partial charge in [0, 0.05) is 78.4 Å². The number of hydrogen-bond donors (Lipinski definition) is 4. The summed E-state index contributed by atoms with van der Waals surface area (Å²) in [5.74, 6) is -2.92. The van der Waals surface area contributed by atoms with Crippen LogP contribution in [0.2, 0.25) is 0 Å². The molecule has 55 heavy (non-hydrogen) atoms. The number of nitrogens with zero attached hydrogens (tertiary/aromatic N) is 8. The van der Waals surface area contributed by atoms with Gasteiger partial charge < -0.3 is 40.2 Å². The average molecular weight is 919 g/mol. The van der Waals surface area contributed by atoms with Gasteiger partial charge in [-0.2, -0.15) is 0 Å². The number of carbonyl (C=O) groups is 4. The average Bonchev–Trinajstić information content (AvgIpc) is 3.09. The van der Waals surface area contributed by atoms with E-state index in [1.165, 1.54) is 6.42 Å². The third-order valence-electron chi connectivity index (χ3n) is 10.2. The quantitative estimate of drug-likeness (QED) is 0.178. The second kappa shape index (κ2) is 27.7. The summed E-state index contributed by atoms with van der Waals surface area (Å²) in [4.78, 5) is 67.3. The van der Waals surface area contributed by atoms with Crippen molar-refractivity contribution in [3.8, 4) is 0 Å². The first-order valence-electron chi connectivity index (χ1n) is 19.7. The fourth-order valence-corrected chi connectivity index (χ4v) is 7.05. The first-order chi connectivity index (χ1) is 25.8. The molecule has 17 heteroatoms. The van der Waals surface area contributed by atoms with Gasteiger partial charge in [-0.05, 0) is 110 Å². The van der Waals surface area contributed by atoms with E-state index < -0.39 is 17.9 Å². The van der Waals surface area contributed by atoms with Crippen molar-refractivity contribution in [3.05, 3.63) is 29.1 Å². The predicted octanol–water partition coefficient (Wildman–Crippen LogP) is 0.365. The van der Waals surface area contributed by atoms with Crippen LogP contribution >= 0.6 is 0 Å². The third kappa shape index (κ3) is 22.6. The Hall–Kier alpha value is -1.93. The minimum Gasteiger partial charge on any atom is -0.480 e. The maximum absolute atomic E-state index is 12.7. The molecule has 2 aliphatic heterocycles. The van der Waals surface area contributed by atoms with Crippen molar-refractivity contribution >= 4 is 23.8 Å². The van der Waals surface area contributed by atoms with Crippen LogP contribution in [0.25, 0.3) is 0 Å². The van der Waals surface area contributed by atoms with Crippen LogP contribution in [0.1, 0.15) is 55.5 Å². The summed E-state index contributed by atoms with van der Waals surface area (Å²) in [6.07, 6.45) is 6.01. The number of carbonyl (C=O) groups excluding carboxylic acids is 1. The monoisotopic (exact) mass is 919 g/mol. The van der Waals surface area contributed by atoms with Crippen molar-refractivity contribution < 1.29 is 74.4 Å². The van der Waals surface area contributed by atoms with E-state index in [0.29, 0.717) is 63.4 Å². The molecule has 4 N–H and O–H groups in total. The van der Waals surface area contributed by atoms with Crippen LogP contribution in [0.3, 0.4) is 0 Å². The Bertz CT molecular complexity index is 1260. The number of pyridine rings is 1. The van der Waals surface area contributed by atoms with Gasteiger partial charge in [-0.1, -0.05) is 0 Å². The van der Waals surface area contributed by atoms with Crippen LogP contribution in [0, 0.1) is 39.9 Å². The Kier molecular flexibility index (Phi) is 24.8. The zero-order valence-corrected chi connectivity index (χ0v) is 35.7. The summed E-state index contributed by atoms with van der Waals surface area (Å²) in [6, 6.07) is 3.88. The van der Waals surface area contributed by atoms with Crippen molar-refractivity contribution in [1.29, 1.82) is 0 Å². The Morgan fingerprint density at radius 2 is 1.05 bits per heavy atom. The molecule has 0 unspecified atom stereocenters. The molecule has 0 aliphatic carbocycles. The van der Waals surface area contributed by atoms with Gasteiger partial charge in [-0.15, -0.1) is 0 Å². The molecule has 0 aromatic carbocycles. The van der Waals surface area contributed by atoms with E-state index in [1.807, 2.05) is 12.1 Å². The predicted molar refractivity (Wildman–Crippen MR) is 207 cm³/mol. The summed E-state index contributed by atoms with van der Waals surface area (Å²) >= 11 is 0. The zero-order chi connectivity index (χ0) is 39.3. The summed E-state index contributed by atoms with van der Waals surface area (Å²) in [5, 5.41) is 31.6. The molecule has 0 atom stereocenters. The van der Waals surface area contributed by atoms with E-state index in [2.05, 4.69) is 46.1 Å². The Labute approximate surface area is 360 Å². The first kappa shape index (κ1) is 49.2. The largest absolute Gasteiger partial charge is 3.00 e. The van der Waals surface area contributed by atoms with Gasteiger partial charge in [0.05, 0.1) is 31.0 Å². The van der Waals surface area contributed by atoms with Gasteiger partial charge in [0.2, 0.25) is 5.91 Å². The van der Waals surface area contributed by atoms with E-state index >= 15 is 0 Å². The van der Waals surface area contributed by atoms with Gasteiger partial charge in [0.25, 0.3) is 0 Å². The molecule has 2 aliphatic rings. The van der Waals surface area contributed by atoms with Crippen LogP contribution < -0.4 is 5.32 Å². The van der Waals surface area contributed by atoms with Crippen molar-refractivity contribution in [2.75, 3.05) is 132 Å². The van der Waals surface area contributed by atoms with Crippen molar-refractivity contribution in [2.45, 2.75) is 58.0 Å². The number of likely N-dealkylation sites (N-methyl/N-ethyl adjacent to an activating group) is 3. The van der Waals surface area contributed by atoms with E-state index in [4.69, 9.17) is 4.98 Å². The Morgan fingerprint density at radius 3 is 1.58 bits per heavy atom. The summed E-state index contributed by atoms with van der Waals surface area (Å²) in [6.45, 7) is 11.3. The van der Waals surface area contributed by atoms with Crippen LogP contribution in [-0.2, 0) is 38.7 Å². The number of rotatable bonds is 15. The Morgan fingerprint density at radius 1 is 0.600 bits per heavy atom. The molecule has 1 fully saturated rings. The number of unbranched alkanes of at least 4 members (excludes halogenated alkanes) is 1. The fraction of sp³-hybridized carbons (Fsp3) is 0.763. The van der Waals surface area contributed by atoms with Gasteiger partial charge >= 0.3 is 57.8 Å². The zero-order valence-electron chi connectivity index (χ0n) is 33.4. The number of carboxylic acids is 3. The fourth-order valence-electron chi connectivity index (χ4n) is 7.05. The van der Waals surface area contributed by atoms with Crippen LogP contribution in [0.15, 0.2) is 12.1 Å². The van der Waals surface area contributed by atoms with Gasteiger partial charge in [-0.3, -0.25) is 38.9 Å². The van der Waals surface area contributed by atoms with Crippen molar-refractivity contribution in [2.24, 2.45) is 0 Å². The molecule has 1 saturated heterocycles. The molecular formula is C38H67GdN9O7+3. The van der Waals surface area contributed by atoms with Gasteiger partial charge in [-0.25, -0.2) is 0 Å². The minimum absolute atomic E-state index is 0. The second-order valence-electron chi connectivity index (χ2n) is 15.2. The molecule has 1 aromatic rings. The minimum atomic E-state index is -1.000. The molecular weight excluding hydrogens is 852 g/mol. The number of aryl methyl sites for hydroxylation is 1.